The predicted molar refractivity (Wildman–Crippen MR) is 84.1 cm³/mol. The molecule has 1 unspecified atom stereocenters. The molecule has 0 radical (unpaired) electrons. The highest BCUT2D eigenvalue weighted by molar-refractivity contribution is 7.91. The first-order valence-corrected chi connectivity index (χ1v) is 9.22. The molecule has 0 spiro atoms. The minimum absolute atomic E-state index is 0.123. The average molecular weight is 333 g/mol. The predicted octanol–water partition coefficient (Wildman–Crippen LogP) is 0.0729. The van der Waals surface area contributed by atoms with E-state index < -0.39 is 10.0 Å². The molecule has 2 heterocycles. The Labute approximate surface area is 130 Å². The molecule has 2 rings (SSSR count). The van der Waals surface area contributed by atoms with Crippen molar-refractivity contribution in [2.45, 2.75) is 23.8 Å². The lowest BCUT2D eigenvalue weighted by Crippen LogP contribution is -2.54. The number of nitrogens with zero attached hydrogens (tertiary/aromatic N) is 2. The molecule has 0 aromatic carbocycles. The summed E-state index contributed by atoms with van der Waals surface area (Å²) in [5.41, 5.74) is 0.817. The maximum absolute atomic E-state index is 12.3. The van der Waals surface area contributed by atoms with E-state index in [1.807, 2.05) is 21.0 Å². The van der Waals surface area contributed by atoms with Gasteiger partial charge in [0.1, 0.15) is 4.21 Å². The second-order valence-corrected chi connectivity index (χ2v) is 8.71. The summed E-state index contributed by atoms with van der Waals surface area (Å²) in [4.78, 5) is 5.09. The fourth-order valence-corrected chi connectivity index (χ4v) is 4.94. The van der Waals surface area contributed by atoms with Gasteiger partial charge in [0.05, 0.1) is 6.61 Å². The monoisotopic (exact) mass is 333 g/mol. The first kappa shape index (κ1) is 16.9. The number of aryl methyl sites for hydroxylation is 1. The minimum atomic E-state index is -3.50. The lowest BCUT2D eigenvalue weighted by atomic mass is 10.2. The molecule has 0 amide bonds. The van der Waals surface area contributed by atoms with Crippen LogP contribution in [0, 0.1) is 6.92 Å². The maximum atomic E-state index is 12.3. The molecule has 6 nitrogen and oxygen atoms in total. The van der Waals surface area contributed by atoms with Crippen LogP contribution in [-0.2, 0) is 16.6 Å². The van der Waals surface area contributed by atoms with Crippen LogP contribution in [0.3, 0.4) is 0 Å². The number of rotatable bonds is 5. The van der Waals surface area contributed by atoms with Gasteiger partial charge in [0.2, 0.25) is 10.0 Å². The lowest BCUT2D eigenvalue weighted by molar-refractivity contribution is 0.117. The van der Waals surface area contributed by atoms with E-state index in [0.717, 1.165) is 36.5 Å². The van der Waals surface area contributed by atoms with E-state index in [2.05, 4.69) is 14.5 Å². The summed E-state index contributed by atoms with van der Waals surface area (Å²) in [6, 6.07) is 1.80. The second kappa shape index (κ2) is 6.72. The van der Waals surface area contributed by atoms with Crippen molar-refractivity contribution in [2.24, 2.45) is 0 Å². The Morgan fingerprint density at radius 1 is 1.43 bits per heavy atom. The maximum Gasteiger partial charge on any atom is 0.250 e. The second-order valence-electron chi connectivity index (χ2n) is 5.58. The van der Waals surface area contributed by atoms with E-state index >= 15 is 0 Å². The van der Waals surface area contributed by atoms with Crippen LogP contribution in [0.2, 0.25) is 0 Å². The summed E-state index contributed by atoms with van der Waals surface area (Å²) in [5, 5.41) is 9.18. The highest BCUT2D eigenvalue weighted by Gasteiger charge is 2.25. The lowest BCUT2D eigenvalue weighted by Gasteiger charge is -2.37. The molecule has 1 fully saturated rings. The summed E-state index contributed by atoms with van der Waals surface area (Å²) >= 11 is 1.13. The molecule has 8 heteroatoms. The Kier molecular flexibility index (Phi) is 5.39. The molecule has 2 N–H and O–H groups in total. The third kappa shape index (κ3) is 4.02. The van der Waals surface area contributed by atoms with Gasteiger partial charge >= 0.3 is 0 Å². The van der Waals surface area contributed by atoms with Gasteiger partial charge < -0.3 is 10.0 Å². The van der Waals surface area contributed by atoms with Crippen molar-refractivity contribution in [3.05, 3.63) is 16.5 Å². The molecule has 1 aromatic rings. The van der Waals surface area contributed by atoms with E-state index in [1.54, 1.807) is 6.07 Å². The van der Waals surface area contributed by atoms with Crippen molar-refractivity contribution in [2.75, 3.05) is 40.3 Å². The molecule has 0 saturated carbocycles. The molecule has 1 aromatic heterocycles. The number of piperazine rings is 1. The van der Waals surface area contributed by atoms with Crippen LogP contribution in [0.15, 0.2) is 10.3 Å². The Morgan fingerprint density at radius 3 is 2.76 bits per heavy atom. The Morgan fingerprint density at radius 2 is 2.14 bits per heavy atom. The number of hydrogen-bond donors (Lipinski definition) is 2. The number of aliphatic hydroxyl groups is 1. The molecule has 120 valence electrons. The third-order valence-corrected chi connectivity index (χ3v) is 7.01. The van der Waals surface area contributed by atoms with E-state index in [4.69, 9.17) is 0 Å². The van der Waals surface area contributed by atoms with Crippen LogP contribution in [0.4, 0.5) is 0 Å². The fraction of sp³-hybridized carbons (Fsp3) is 0.692. The summed E-state index contributed by atoms with van der Waals surface area (Å²) < 4.78 is 27.6. The van der Waals surface area contributed by atoms with Crippen LogP contribution in [0.1, 0.15) is 10.4 Å². The van der Waals surface area contributed by atoms with Crippen molar-refractivity contribution >= 4 is 21.4 Å². The molecule has 0 aliphatic carbocycles. The van der Waals surface area contributed by atoms with E-state index in [0.29, 0.717) is 11.4 Å². The van der Waals surface area contributed by atoms with Crippen LogP contribution in [-0.4, -0.2) is 69.6 Å². The number of sulfonamides is 1. The highest BCUT2D eigenvalue weighted by Crippen LogP contribution is 2.25. The van der Waals surface area contributed by atoms with E-state index in [-0.39, 0.29) is 16.9 Å². The summed E-state index contributed by atoms with van der Waals surface area (Å²) in [5.74, 6) is 0. The summed E-state index contributed by atoms with van der Waals surface area (Å²) in [6.45, 7) is 4.88. The number of thiophene rings is 1. The van der Waals surface area contributed by atoms with Crippen molar-refractivity contribution < 1.29 is 13.5 Å². The largest absolute Gasteiger partial charge is 0.391 e. The topological polar surface area (TPSA) is 72.9 Å². The first-order chi connectivity index (χ1) is 9.83. The van der Waals surface area contributed by atoms with Gasteiger partial charge in [-0.05, 0) is 32.6 Å². The van der Waals surface area contributed by atoms with Gasteiger partial charge in [-0.25, -0.2) is 13.1 Å². The Bertz CT molecular complexity index is 585. The number of hydrogen-bond acceptors (Lipinski definition) is 6. The van der Waals surface area contributed by atoms with Gasteiger partial charge in [-0.2, -0.15) is 0 Å². The fourth-order valence-electron chi connectivity index (χ4n) is 2.38. The molecule has 0 bridgehead atoms. The molecule has 1 aliphatic rings. The van der Waals surface area contributed by atoms with Crippen LogP contribution < -0.4 is 4.72 Å². The van der Waals surface area contributed by atoms with Gasteiger partial charge in [-0.15, -0.1) is 11.3 Å². The standard InChI is InChI=1S/C13H23N3O3S2/c1-10-6-13(20-12(10)9-17)21(18,19)14-7-11-8-15(2)4-5-16(11)3/h6,11,14,17H,4-5,7-9H2,1-3H3. The zero-order chi connectivity index (χ0) is 15.6. The van der Waals surface area contributed by atoms with Crippen molar-refractivity contribution in [1.82, 2.24) is 14.5 Å². The number of nitrogens with one attached hydrogen (secondary N) is 1. The first-order valence-electron chi connectivity index (χ1n) is 6.92. The van der Waals surface area contributed by atoms with Crippen molar-refractivity contribution in [3.8, 4) is 0 Å². The van der Waals surface area contributed by atoms with E-state index in [1.165, 1.54) is 0 Å². The average Bonchev–Trinajstić information content (AvgIpc) is 2.82. The zero-order valence-electron chi connectivity index (χ0n) is 12.7. The van der Waals surface area contributed by atoms with Crippen molar-refractivity contribution in [3.63, 3.8) is 0 Å². The third-order valence-electron chi connectivity index (χ3n) is 3.90. The number of likely N-dealkylation sites (N-methyl/N-ethyl adjacent to an activating group) is 2. The van der Waals surface area contributed by atoms with Gasteiger partial charge in [0, 0.05) is 37.1 Å². The SMILES string of the molecule is Cc1cc(S(=O)(=O)NCC2CN(C)CCN2C)sc1CO. The quantitative estimate of drug-likeness (QED) is 0.798. The molecule has 1 saturated heterocycles. The molecular weight excluding hydrogens is 310 g/mol. The van der Waals surface area contributed by atoms with Gasteiger partial charge in [-0.1, -0.05) is 0 Å². The normalized spacial score (nSPS) is 21.8. The van der Waals surface area contributed by atoms with E-state index in [9.17, 15) is 13.5 Å². The molecule has 1 atom stereocenters. The minimum Gasteiger partial charge on any atom is -0.391 e. The Balaban J connectivity index is 2.03. The zero-order valence-corrected chi connectivity index (χ0v) is 14.3. The molecule has 1 aliphatic heterocycles. The molecular formula is C13H23N3O3S2. The summed E-state index contributed by atoms with van der Waals surface area (Å²) in [6.07, 6.45) is 0. The smallest absolute Gasteiger partial charge is 0.250 e. The van der Waals surface area contributed by atoms with Crippen molar-refractivity contribution in [1.29, 1.82) is 0 Å². The van der Waals surface area contributed by atoms with Gasteiger partial charge in [0.25, 0.3) is 0 Å². The van der Waals surface area contributed by atoms with Gasteiger partial charge in [-0.3, -0.25) is 4.90 Å². The molecule has 21 heavy (non-hydrogen) atoms. The van der Waals surface area contributed by atoms with Crippen LogP contribution in [0.25, 0.3) is 0 Å². The van der Waals surface area contributed by atoms with Crippen LogP contribution >= 0.6 is 11.3 Å². The Hall–Kier alpha value is -0.510. The summed E-state index contributed by atoms with van der Waals surface area (Å²) in [7, 11) is 0.565. The van der Waals surface area contributed by atoms with Crippen LogP contribution in [0.5, 0.6) is 0 Å². The van der Waals surface area contributed by atoms with Gasteiger partial charge in [0.15, 0.2) is 0 Å². The highest BCUT2D eigenvalue weighted by atomic mass is 32.2. The number of aliphatic hydroxyl groups excluding tert-OH is 1.